The average Bonchev–Trinajstić information content (AvgIpc) is 2.92. The van der Waals surface area contributed by atoms with E-state index in [1.54, 1.807) is 16.8 Å². The maximum atomic E-state index is 11.8. The van der Waals surface area contributed by atoms with E-state index in [4.69, 9.17) is 4.74 Å². The van der Waals surface area contributed by atoms with Crippen molar-refractivity contribution in [2.24, 2.45) is 7.05 Å². The molecule has 1 aromatic heterocycles. The lowest BCUT2D eigenvalue weighted by Gasteiger charge is -2.20. The molecular formula is C16H23N3O3S. The minimum absolute atomic E-state index is 0.0349. The predicted molar refractivity (Wildman–Crippen MR) is 89.3 cm³/mol. The molecule has 1 aromatic carbocycles. The number of nitrogens with one attached hydrogen (secondary N) is 1. The van der Waals surface area contributed by atoms with E-state index in [1.165, 1.54) is 13.4 Å². The number of hydrogen-bond acceptors (Lipinski definition) is 5. The number of aromatic nitrogens is 2. The van der Waals surface area contributed by atoms with E-state index >= 15 is 0 Å². The zero-order valence-corrected chi connectivity index (χ0v) is 14.9. The molecular weight excluding hydrogens is 314 g/mol. The van der Waals surface area contributed by atoms with Crippen molar-refractivity contribution in [2.45, 2.75) is 30.8 Å². The van der Waals surface area contributed by atoms with Gasteiger partial charge in [-0.1, -0.05) is 6.07 Å². The van der Waals surface area contributed by atoms with Crippen molar-refractivity contribution in [3.05, 3.63) is 41.7 Å². The minimum Gasteiger partial charge on any atom is -0.495 e. The van der Waals surface area contributed by atoms with Crippen molar-refractivity contribution in [3.63, 3.8) is 0 Å². The first-order valence-electron chi connectivity index (χ1n) is 7.35. The highest BCUT2D eigenvalue weighted by Gasteiger charge is 2.18. The van der Waals surface area contributed by atoms with Gasteiger partial charge in [-0.2, -0.15) is 5.10 Å². The summed E-state index contributed by atoms with van der Waals surface area (Å²) in [5.74, 6) is 0.368. The average molecular weight is 337 g/mol. The van der Waals surface area contributed by atoms with E-state index in [0.717, 1.165) is 11.1 Å². The second-order valence-electron chi connectivity index (χ2n) is 5.74. The van der Waals surface area contributed by atoms with Gasteiger partial charge in [0.2, 0.25) is 0 Å². The number of aryl methyl sites for hydroxylation is 1. The van der Waals surface area contributed by atoms with Crippen LogP contribution in [0.5, 0.6) is 5.75 Å². The van der Waals surface area contributed by atoms with Crippen LogP contribution in [0.2, 0.25) is 0 Å². The summed E-state index contributed by atoms with van der Waals surface area (Å²) in [4.78, 5) is 0.205. The van der Waals surface area contributed by atoms with E-state index in [9.17, 15) is 8.42 Å². The monoisotopic (exact) mass is 337 g/mol. The van der Waals surface area contributed by atoms with Crippen LogP contribution in [0.4, 0.5) is 0 Å². The molecule has 6 nitrogen and oxygen atoms in total. The number of sulfone groups is 1. The van der Waals surface area contributed by atoms with Gasteiger partial charge < -0.3 is 10.1 Å². The Hall–Kier alpha value is -1.86. The number of benzene rings is 1. The van der Waals surface area contributed by atoms with Crippen LogP contribution in [0.25, 0.3) is 0 Å². The topological polar surface area (TPSA) is 73.2 Å². The molecule has 7 heteroatoms. The van der Waals surface area contributed by atoms with E-state index in [-0.39, 0.29) is 17.0 Å². The van der Waals surface area contributed by atoms with E-state index in [1.807, 2.05) is 32.4 Å². The van der Waals surface area contributed by atoms with Crippen LogP contribution in [0.15, 0.2) is 35.5 Å². The van der Waals surface area contributed by atoms with Crippen LogP contribution in [0.3, 0.4) is 0 Å². The Morgan fingerprint density at radius 2 is 1.87 bits per heavy atom. The molecule has 23 heavy (non-hydrogen) atoms. The molecule has 0 aliphatic carbocycles. The molecule has 0 saturated heterocycles. The van der Waals surface area contributed by atoms with Gasteiger partial charge in [-0.25, -0.2) is 8.42 Å². The van der Waals surface area contributed by atoms with Gasteiger partial charge in [-0.15, -0.1) is 0 Å². The van der Waals surface area contributed by atoms with Crippen LogP contribution >= 0.6 is 0 Å². The molecule has 0 aliphatic rings. The normalized spacial score (nSPS) is 14.5. The van der Waals surface area contributed by atoms with Crippen LogP contribution in [0.1, 0.15) is 37.1 Å². The number of hydrogen-bond donors (Lipinski definition) is 1. The Balaban J connectivity index is 2.21. The molecule has 2 aromatic rings. The molecule has 0 fully saturated rings. The maximum absolute atomic E-state index is 11.8. The summed E-state index contributed by atoms with van der Waals surface area (Å²) in [7, 11) is 0.0520. The van der Waals surface area contributed by atoms with Gasteiger partial charge in [0.05, 0.1) is 13.3 Å². The first kappa shape index (κ1) is 17.5. The van der Waals surface area contributed by atoms with Crippen molar-refractivity contribution in [1.82, 2.24) is 15.1 Å². The third kappa shape index (κ3) is 4.11. The summed E-state index contributed by atoms with van der Waals surface area (Å²) in [6.45, 7) is 4.09. The quantitative estimate of drug-likeness (QED) is 0.875. The van der Waals surface area contributed by atoms with Gasteiger partial charge >= 0.3 is 0 Å². The fourth-order valence-electron chi connectivity index (χ4n) is 2.49. The highest BCUT2D eigenvalue weighted by atomic mass is 32.2. The second-order valence-corrected chi connectivity index (χ2v) is 7.72. The standard InChI is InChI=1S/C16H23N3O3S/c1-11(18-12(2)14-9-17-19(3)10-14)13-6-7-16(23(5,20)21)15(8-13)22-4/h6-12,18H,1-5H3/t11-,12-/m1/s1. The lowest BCUT2D eigenvalue weighted by Crippen LogP contribution is -2.22. The van der Waals surface area contributed by atoms with Gasteiger partial charge in [-0.05, 0) is 31.5 Å². The first-order chi connectivity index (χ1) is 10.7. The summed E-state index contributed by atoms with van der Waals surface area (Å²) in [5.41, 5.74) is 2.06. The Labute approximate surface area is 137 Å². The number of rotatable bonds is 6. The third-order valence-electron chi connectivity index (χ3n) is 3.81. The highest BCUT2D eigenvalue weighted by Crippen LogP contribution is 2.28. The van der Waals surface area contributed by atoms with Crippen molar-refractivity contribution in [1.29, 1.82) is 0 Å². The van der Waals surface area contributed by atoms with Crippen LogP contribution in [-0.2, 0) is 16.9 Å². The molecule has 0 spiro atoms. The lowest BCUT2D eigenvalue weighted by atomic mass is 10.1. The summed E-state index contributed by atoms with van der Waals surface area (Å²) < 4.78 is 30.5. The van der Waals surface area contributed by atoms with E-state index < -0.39 is 9.84 Å². The molecule has 0 unspecified atom stereocenters. The predicted octanol–water partition coefficient (Wildman–Crippen LogP) is 2.24. The van der Waals surface area contributed by atoms with Crippen molar-refractivity contribution in [3.8, 4) is 5.75 Å². The summed E-state index contributed by atoms with van der Waals surface area (Å²) in [6, 6.07) is 5.33. The van der Waals surface area contributed by atoms with Crippen LogP contribution in [0, 0.1) is 0 Å². The van der Waals surface area contributed by atoms with E-state index in [0.29, 0.717) is 5.75 Å². The van der Waals surface area contributed by atoms with Crippen LogP contribution in [-0.4, -0.2) is 31.6 Å². The van der Waals surface area contributed by atoms with Crippen molar-refractivity contribution in [2.75, 3.05) is 13.4 Å². The van der Waals surface area contributed by atoms with E-state index in [2.05, 4.69) is 17.3 Å². The zero-order chi connectivity index (χ0) is 17.2. The molecule has 2 atom stereocenters. The Bertz CT molecular complexity index is 784. The smallest absolute Gasteiger partial charge is 0.179 e. The second kappa shape index (κ2) is 6.72. The van der Waals surface area contributed by atoms with Crippen molar-refractivity contribution < 1.29 is 13.2 Å². The van der Waals surface area contributed by atoms with Gasteiger partial charge in [-0.3, -0.25) is 4.68 Å². The first-order valence-corrected chi connectivity index (χ1v) is 9.24. The SMILES string of the molecule is COc1cc([C@@H](C)N[C@H](C)c2cnn(C)c2)ccc1S(C)(=O)=O. The van der Waals surface area contributed by atoms with Gasteiger partial charge in [0.1, 0.15) is 10.6 Å². The van der Waals surface area contributed by atoms with Gasteiger partial charge in [0, 0.05) is 37.1 Å². The fourth-order valence-corrected chi connectivity index (χ4v) is 3.31. The Morgan fingerprint density at radius 1 is 1.22 bits per heavy atom. The minimum atomic E-state index is -3.31. The Kier molecular flexibility index (Phi) is 5.11. The molecule has 2 rings (SSSR count). The molecule has 1 heterocycles. The van der Waals surface area contributed by atoms with Crippen LogP contribution < -0.4 is 10.1 Å². The molecule has 126 valence electrons. The lowest BCUT2D eigenvalue weighted by molar-refractivity contribution is 0.400. The van der Waals surface area contributed by atoms with Gasteiger partial charge in [0.15, 0.2) is 9.84 Å². The maximum Gasteiger partial charge on any atom is 0.179 e. The van der Waals surface area contributed by atoms with Gasteiger partial charge in [0.25, 0.3) is 0 Å². The summed E-state index contributed by atoms with van der Waals surface area (Å²) >= 11 is 0. The number of methoxy groups -OCH3 is 1. The number of ether oxygens (including phenoxy) is 1. The zero-order valence-electron chi connectivity index (χ0n) is 14.1. The highest BCUT2D eigenvalue weighted by molar-refractivity contribution is 7.90. The molecule has 1 N–H and O–H groups in total. The molecule has 0 radical (unpaired) electrons. The fraction of sp³-hybridized carbons (Fsp3) is 0.438. The largest absolute Gasteiger partial charge is 0.495 e. The molecule has 0 bridgehead atoms. The third-order valence-corrected chi connectivity index (χ3v) is 4.95. The number of nitrogens with zero attached hydrogens (tertiary/aromatic N) is 2. The van der Waals surface area contributed by atoms with Crippen molar-refractivity contribution >= 4 is 9.84 Å². The molecule has 0 saturated carbocycles. The summed E-state index contributed by atoms with van der Waals surface area (Å²) in [6.07, 6.45) is 4.98. The molecule has 0 amide bonds. The Morgan fingerprint density at radius 3 is 2.39 bits per heavy atom. The summed E-state index contributed by atoms with van der Waals surface area (Å²) in [5, 5.41) is 7.65. The molecule has 0 aliphatic heterocycles.